The number of aromatic hydroxyl groups is 1. The second-order valence-corrected chi connectivity index (χ2v) is 8.24. The number of nitrogens with zero attached hydrogens (tertiary/aromatic N) is 1. The summed E-state index contributed by atoms with van der Waals surface area (Å²) < 4.78 is 0. The van der Waals surface area contributed by atoms with Crippen molar-refractivity contribution in [3.8, 4) is 5.75 Å². The Balaban J connectivity index is 2.11. The number of amides is 2. The van der Waals surface area contributed by atoms with E-state index in [0.717, 1.165) is 4.90 Å². The molecule has 2 amide bonds. The fourth-order valence-corrected chi connectivity index (χ4v) is 4.28. The molecular weight excluding hydrogens is 431 g/mol. The summed E-state index contributed by atoms with van der Waals surface area (Å²) in [5, 5.41) is 24.4. The topological polar surface area (TPSA) is 107 Å². The van der Waals surface area contributed by atoms with Crippen molar-refractivity contribution in [1.82, 2.24) is 0 Å². The van der Waals surface area contributed by atoms with E-state index >= 15 is 0 Å². The lowest BCUT2D eigenvalue weighted by Crippen LogP contribution is -2.52. The van der Waals surface area contributed by atoms with Crippen LogP contribution < -0.4 is 10.2 Å². The summed E-state index contributed by atoms with van der Waals surface area (Å²) in [6.07, 6.45) is 0. The summed E-state index contributed by atoms with van der Waals surface area (Å²) >= 11 is 12.1. The zero-order valence-corrected chi connectivity index (χ0v) is 17.4. The van der Waals surface area contributed by atoms with Gasteiger partial charge in [-0.15, -0.1) is 0 Å². The number of anilines is 2. The fourth-order valence-electron chi connectivity index (χ4n) is 3.94. The highest BCUT2D eigenvalue weighted by Gasteiger charge is 2.64. The Kier molecular flexibility index (Phi) is 4.56. The zero-order valence-electron chi connectivity index (χ0n) is 15.9. The minimum atomic E-state index is -2.02. The Labute approximate surface area is 181 Å². The van der Waals surface area contributed by atoms with Gasteiger partial charge in [0.2, 0.25) is 0 Å². The monoisotopic (exact) mass is 446 g/mol. The Hall–Kier alpha value is -3.03. The zero-order chi connectivity index (χ0) is 22.0. The minimum absolute atomic E-state index is 0.122. The molecule has 4 rings (SSSR count). The first kappa shape index (κ1) is 20.3. The summed E-state index contributed by atoms with van der Waals surface area (Å²) in [5.74, 6) is -4.15. The van der Waals surface area contributed by atoms with Crippen molar-refractivity contribution in [1.29, 1.82) is 0 Å². The van der Waals surface area contributed by atoms with Gasteiger partial charge in [0.05, 0.1) is 11.3 Å². The molecule has 2 aromatic carbocycles. The summed E-state index contributed by atoms with van der Waals surface area (Å²) in [6, 6.07) is 8.45. The van der Waals surface area contributed by atoms with Crippen molar-refractivity contribution >= 4 is 52.2 Å². The largest absolute Gasteiger partial charge is 0.506 e. The third-order valence-corrected chi connectivity index (χ3v) is 5.71. The highest BCUT2D eigenvalue weighted by atomic mass is 35.5. The van der Waals surface area contributed by atoms with Gasteiger partial charge < -0.3 is 15.5 Å². The molecule has 3 N–H and O–H groups in total. The van der Waals surface area contributed by atoms with Crippen LogP contribution in [0.15, 0.2) is 47.7 Å². The van der Waals surface area contributed by atoms with Gasteiger partial charge >= 0.3 is 0 Å². The molecule has 7 nitrogen and oxygen atoms in total. The smallest absolute Gasteiger partial charge is 0.295 e. The summed E-state index contributed by atoms with van der Waals surface area (Å²) in [5.41, 5.74) is -1.97. The number of benzene rings is 2. The lowest BCUT2D eigenvalue weighted by Gasteiger charge is -2.35. The van der Waals surface area contributed by atoms with Crippen molar-refractivity contribution in [2.45, 2.75) is 19.4 Å². The van der Waals surface area contributed by atoms with Gasteiger partial charge in [-0.1, -0.05) is 43.1 Å². The molecule has 0 fully saturated rings. The predicted molar refractivity (Wildman–Crippen MR) is 112 cm³/mol. The normalized spacial score (nSPS) is 20.4. The average molecular weight is 447 g/mol. The van der Waals surface area contributed by atoms with Crippen molar-refractivity contribution in [3.63, 3.8) is 0 Å². The molecule has 2 aromatic rings. The van der Waals surface area contributed by atoms with Gasteiger partial charge in [-0.3, -0.25) is 19.3 Å². The standard InChI is InChI=1S/C21H16Cl2N2O5/c1-9(2)17(27)16-18(28)19(29)25(14-8-11(23)4-6-15(14)26)21(16)12-5-3-10(22)7-13(12)24-20(21)30/h3-9,26,28H,1-2H3,(H,24,30). The van der Waals surface area contributed by atoms with Crippen molar-refractivity contribution in [2.75, 3.05) is 10.2 Å². The molecule has 154 valence electrons. The number of Topliss-reactive ketones (excluding diaryl/α,β-unsaturated/α-hetero) is 1. The number of halogens is 2. The second kappa shape index (κ2) is 6.75. The number of hydrogen-bond acceptors (Lipinski definition) is 5. The van der Waals surface area contributed by atoms with Gasteiger partial charge in [0.1, 0.15) is 5.75 Å². The first-order valence-corrected chi connectivity index (χ1v) is 9.78. The van der Waals surface area contributed by atoms with Crippen molar-refractivity contribution in [3.05, 3.63) is 63.3 Å². The molecule has 2 aliphatic rings. The Morgan fingerprint density at radius 3 is 2.37 bits per heavy atom. The maximum absolute atomic E-state index is 13.4. The number of rotatable bonds is 3. The van der Waals surface area contributed by atoms with Crippen LogP contribution in [0.3, 0.4) is 0 Å². The molecule has 0 saturated heterocycles. The van der Waals surface area contributed by atoms with E-state index in [4.69, 9.17) is 23.2 Å². The molecule has 2 heterocycles. The molecule has 0 bridgehead atoms. The molecule has 1 spiro atoms. The summed E-state index contributed by atoms with van der Waals surface area (Å²) in [6.45, 7) is 3.19. The molecule has 0 radical (unpaired) electrons. The van der Waals surface area contributed by atoms with Gasteiger partial charge in [0.25, 0.3) is 11.8 Å². The molecule has 0 aromatic heterocycles. The van der Waals surface area contributed by atoms with E-state index in [0.29, 0.717) is 5.02 Å². The molecule has 30 heavy (non-hydrogen) atoms. The van der Waals surface area contributed by atoms with Gasteiger partial charge in [-0.05, 0) is 30.3 Å². The Bertz CT molecular complexity index is 1170. The number of nitrogens with one attached hydrogen (secondary N) is 1. The highest BCUT2D eigenvalue weighted by molar-refractivity contribution is 6.33. The van der Waals surface area contributed by atoms with Crippen LogP contribution in [-0.4, -0.2) is 27.8 Å². The minimum Gasteiger partial charge on any atom is -0.506 e. The number of fused-ring (bicyclic) bond motifs is 2. The Morgan fingerprint density at radius 2 is 1.70 bits per heavy atom. The van der Waals surface area contributed by atoms with Gasteiger partial charge in [0, 0.05) is 27.2 Å². The third kappa shape index (κ3) is 2.55. The van der Waals surface area contributed by atoms with Gasteiger partial charge in [0.15, 0.2) is 17.1 Å². The molecule has 1 unspecified atom stereocenters. The maximum atomic E-state index is 13.4. The molecule has 2 aliphatic heterocycles. The van der Waals surface area contributed by atoms with Crippen LogP contribution >= 0.6 is 23.2 Å². The molecule has 1 atom stereocenters. The van der Waals surface area contributed by atoms with E-state index < -0.39 is 34.8 Å². The van der Waals surface area contributed by atoms with Crippen LogP contribution in [0.1, 0.15) is 19.4 Å². The third-order valence-electron chi connectivity index (χ3n) is 5.24. The van der Waals surface area contributed by atoms with E-state index in [2.05, 4.69) is 5.32 Å². The maximum Gasteiger partial charge on any atom is 0.295 e. The molecule has 9 heteroatoms. The van der Waals surface area contributed by atoms with Crippen LogP contribution in [0.2, 0.25) is 10.0 Å². The van der Waals surface area contributed by atoms with E-state index in [1.807, 2.05) is 0 Å². The molecular formula is C21H16Cl2N2O5. The van der Waals surface area contributed by atoms with Crippen LogP contribution in [0.25, 0.3) is 0 Å². The summed E-state index contributed by atoms with van der Waals surface area (Å²) in [7, 11) is 0. The van der Waals surface area contributed by atoms with Gasteiger partial charge in [-0.25, -0.2) is 0 Å². The molecule has 0 saturated carbocycles. The number of aliphatic hydroxyl groups excluding tert-OH is 1. The SMILES string of the molecule is CC(C)C(=O)C1=C(O)C(=O)N(c2cc(Cl)ccc2O)C12C(=O)Nc1cc(Cl)ccc12. The quantitative estimate of drug-likeness (QED) is 0.661. The lowest BCUT2D eigenvalue weighted by molar-refractivity contribution is -0.125. The number of phenolic OH excluding ortho intramolecular Hbond substituents is 1. The van der Waals surface area contributed by atoms with Crippen molar-refractivity contribution < 1.29 is 24.6 Å². The van der Waals surface area contributed by atoms with Gasteiger partial charge in [-0.2, -0.15) is 0 Å². The Morgan fingerprint density at radius 1 is 1.07 bits per heavy atom. The average Bonchev–Trinajstić information content (AvgIpc) is 3.08. The van der Waals surface area contributed by atoms with E-state index in [9.17, 15) is 24.6 Å². The number of carbonyl (C=O) groups excluding carboxylic acids is 3. The number of phenols is 1. The van der Waals surface area contributed by atoms with Crippen LogP contribution in [-0.2, 0) is 19.9 Å². The predicted octanol–water partition coefficient (Wildman–Crippen LogP) is 3.93. The van der Waals surface area contributed by atoms with Crippen molar-refractivity contribution in [2.24, 2.45) is 5.92 Å². The van der Waals surface area contributed by atoms with Crippen LogP contribution in [0, 0.1) is 5.92 Å². The van der Waals surface area contributed by atoms with E-state index in [1.54, 1.807) is 13.8 Å². The van der Waals surface area contributed by atoms with E-state index in [-0.39, 0.29) is 33.3 Å². The van der Waals surface area contributed by atoms with Crippen LogP contribution in [0.4, 0.5) is 11.4 Å². The lowest BCUT2D eigenvalue weighted by atomic mass is 9.79. The number of ketones is 1. The first-order chi connectivity index (χ1) is 14.1. The number of carbonyl (C=O) groups is 3. The molecule has 0 aliphatic carbocycles. The number of aliphatic hydroxyl groups is 1. The number of hydrogen-bond donors (Lipinski definition) is 3. The van der Waals surface area contributed by atoms with E-state index in [1.165, 1.54) is 36.4 Å². The fraction of sp³-hybridized carbons (Fsp3) is 0.190. The van der Waals surface area contributed by atoms with Crippen LogP contribution in [0.5, 0.6) is 5.75 Å². The summed E-state index contributed by atoms with van der Waals surface area (Å²) in [4.78, 5) is 40.6. The second-order valence-electron chi connectivity index (χ2n) is 7.37. The first-order valence-electron chi connectivity index (χ1n) is 9.03. The highest BCUT2D eigenvalue weighted by Crippen LogP contribution is 2.54.